The van der Waals surface area contributed by atoms with Gasteiger partial charge in [0.1, 0.15) is 0 Å². The maximum atomic E-state index is 12.8. The van der Waals surface area contributed by atoms with E-state index in [1.807, 2.05) is 12.1 Å². The zero-order valence-corrected chi connectivity index (χ0v) is 24.7. The fraction of sp³-hybridized carbons (Fsp3) is 0.514. The van der Waals surface area contributed by atoms with Crippen molar-refractivity contribution in [2.45, 2.75) is 96.1 Å². The lowest BCUT2D eigenvalue weighted by Gasteiger charge is -2.27. The van der Waals surface area contributed by atoms with Gasteiger partial charge in [0.25, 0.3) is 0 Å². The van der Waals surface area contributed by atoms with Crippen molar-refractivity contribution in [1.29, 1.82) is 0 Å². The highest BCUT2D eigenvalue weighted by Gasteiger charge is 2.24. The molecule has 1 fully saturated rings. The fourth-order valence-electron chi connectivity index (χ4n) is 5.85. The zero-order chi connectivity index (χ0) is 29.3. The first kappa shape index (κ1) is 32.1. The Morgan fingerprint density at radius 2 is 1.56 bits per heavy atom. The number of amides is 2. The molecule has 2 aromatic rings. The van der Waals surface area contributed by atoms with E-state index in [4.69, 9.17) is 4.74 Å². The first-order valence-corrected chi connectivity index (χ1v) is 15.4. The Balaban J connectivity index is 1.41. The molecule has 0 radical (unpaired) electrons. The van der Waals surface area contributed by atoms with Crippen LogP contribution < -0.4 is 10.6 Å². The summed E-state index contributed by atoms with van der Waals surface area (Å²) in [6, 6.07) is 17.7. The topological polar surface area (TPSA) is 84.5 Å². The van der Waals surface area contributed by atoms with Crippen LogP contribution in [0.5, 0.6) is 0 Å². The molecule has 1 aliphatic rings. The third-order valence-corrected chi connectivity index (χ3v) is 8.39. The van der Waals surface area contributed by atoms with Gasteiger partial charge in [0.2, 0.25) is 0 Å². The zero-order valence-electron chi connectivity index (χ0n) is 24.7. The minimum atomic E-state index is -0.371. The number of carbonyl (C=O) groups is 3. The Labute approximate surface area is 246 Å². The van der Waals surface area contributed by atoms with E-state index < -0.39 is 0 Å². The lowest BCUT2D eigenvalue weighted by atomic mass is 9.78. The molecule has 6 heteroatoms. The molecule has 0 spiro atoms. The van der Waals surface area contributed by atoms with Crippen molar-refractivity contribution in [1.82, 2.24) is 10.6 Å². The number of ether oxygens (including phenoxy) is 1. The molecule has 0 bridgehead atoms. The van der Waals surface area contributed by atoms with Crippen LogP contribution in [-0.2, 0) is 22.5 Å². The molecule has 0 saturated heterocycles. The summed E-state index contributed by atoms with van der Waals surface area (Å²) in [5.74, 6) is 0.729. The maximum absolute atomic E-state index is 12.8. The first-order chi connectivity index (χ1) is 20.0. The van der Waals surface area contributed by atoms with Crippen molar-refractivity contribution >= 4 is 17.8 Å². The summed E-state index contributed by atoms with van der Waals surface area (Å²) in [5, 5.41) is 6.20. The number of hydrogen-bond acceptors (Lipinski definition) is 4. The van der Waals surface area contributed by atoms with Gasteiger partial charge < -0.3 is 15.4 Å². The number of ketones is 1. The summed E-state index contributed by atoms with van der Waals surface area (Å²) in [4.78, 5) is 36.3. The Hall–Kier alpha value is -3.41. The van der Waals surface area contributed by atoms with E-state index in [0.717, 1.165) is 82.6 Å². The summed E-state index contributed by atoms with van der Waals surface area (Å²) in [7, 11) is 1.36. The van der Waals surface area contributed by atoms with Gasteiger partial charge in [0.05, 0.1) is 12.7 Å². The molecule has 1 atom stereocenters. The number of urea groups is 1. The monoisotopic (exact) mass is 560 g/mol. The predicted molar refractivity (Wildman–Crippen MR) is 165 cm³/mol. The molecule has 6 nitrogen and oxygen atoms in total. The molecule has 3 rings (SSSR count). The van der Waals surface area contributed by atoms with E-state index in [1.165, 1.54) is 25.2 Å². The Kier molecular flexibility index (Phi) is 14.2. The third kappa shape index (κ3) is 11.9. The second-order valence-electron chi connectivity index (χ2n) is 11.4. The van der Waals surface area contributed by atoms with E-state index in [9.17, 15) is 14.4 Å². The second kappa shape index (κ2) is 18.1. The van der Waals surface area contributed by atoms with E-state index >= 15 is 0 Å². The Morgan fingerprint density at radius 3 is 2.22 bits per heavy atom. The van der Waals surface area contributed by atoms with Crippen molar-refractivity contribution in [2.24, 2.45) is 11.8 Å². The molecule has 0 heterocycles. The number of nitrogens with one attached hydrogen (secondary N) is 2. The molecule has 1 unspecified atom stereocenters. The smallest absolute Gasteiger partial charge is 0.337 e. The first-order valence-electron chi connectivity index (χ1n) is 15.4. The molecule has 2 aromatic carbocycles. The van der Waals surface area contributed by atoms with E-state index in [-0.39, 0.29) is 29.7 Å². The predicted octanol–water partition coefficient (Wildman–Crippen LogP) is 7.57. The van der Waals surface area contributed by atoms with Gasteiger partial charge in [-0.1, -0.05) is 81.1 Å². The van der Waals surface area contributed by atoms with Gasteiger partial charge in [-0.3, -0.25) is 4.79 Å². The van der Waals surface area contributed by atoms with Crippen molar-refractivity contribution in [3.63, 3.8) is 0 Å². The van der Waals surface area contributed by atoms with Crippen LogP contribution >= 0.6 is 0 Å². The lowest BCUT2D eigenvalue weighted by Crippen LogP contribution is -2.41. The molecule has 1 aliphatic carbocycles. The van der Waals surface area contributed by atoms with Crippen molar-refractivity contribution in [2.75, 3.05) is 7.11 Å². The molecular weight excluding hydrogens is 512 g/mol. The van der Waals surface area contributed by atoms with Gasteiger partial charge in [-0.05, 0) is 86.6 Å². The van der Waals surface area contributed by atoms with Crippen LogP contribution in [0, 0.1) is 11.8 Å². The number of esters is 1. The van der Waals surface area contributed by atoms with Gasteiger partial charge in [-0.25, -0.2) is 9.59 Å². The minimum Gasteiger partial charge on any atom is -0.465 e. The highest BCUT2D eigenvalue weighted by Crippen LogP contribution is 2.32. The summed E-state index contributed by atoms with van der Waals surface area (Å²) < 4.78 is 4.75. The van der Waals surface area contributed by atoms with Crippen LogP contribution in [0.1, 0.15) is 98.5 Å². The number of allylic oxidation sites excluding steroid dienone is 1. The molecule has 1 saturated carbocycles. The molecule has 41 heavy (non-hydrogen) atoms. The molecule has 0 aromatic heterocycles. The van der Waals surface area contributed by atoms with E-state index in [1.54, 1.807) is 12.1 Å². The number of methoxy groups -OCH3 is 1. The largest absolute Gasteiger partial charge is 0.465 e. The van der Waals surface area contributed by atoms with Gasteiger partial charge >= 0.3 is 12.0 Å². The quantitative estimate of drug-likeness (QED) is 0.119. The average Bonchev–Trinajstić information content (AvgIpc) is 3.02. The SMILES string of the molecule is C=CC(=O)C1CCC(CCCCC(CCCCCc2ccccc2)NC(=O)NCc2ccc(C(=O)OC)cc2)CC1. The van der Waals surface area contributed by atoms with E-state index in [0.29, 0.717) is 18.0 Å². The number of unbranched alkanes of at least 4 members (excludes halogenated alkanes) is 3. The van der Waals surface area contributed by atoms with Gasteiger partial charge in [0.15, 0.2) is 5.78 Å². The highest BCUT2D eigenvalue weighted by atomic mass is 16.5. The van der Waals surface area contributed by atoms with Crippen LogP contribution in [0.25, 0.3) is 0 Å². The van der Waals surface area contributed by atoms with Crippen molar-refractivity contribution < 1.29 is 19.1 Å². The normalized spacial score (nSPS) is 17.3. The standard InChI is InChI=1S/C35H48N2O4/c1-3-33(38)30-22-18-28(19-23-30)15-10-11-17-32(16-9-5-8-14-27-12-6-4-7-13-27)37-35(40)36-26-29-20-24-31(25-21-29)34(39)41-2/h3-4,6-7,12-13,20-21,24-25,28,30,32H,1,5,8-11,14-19,22-23,26H2,2H3,(H2,36,37,40). The van der Waals surface area contributed by atoms with E-state index in [2.05, 4.69) is 47.5 Å². The van der Waals surface area contributed by atoms with Crippen LogP contribution in [-0.4, -0.2) is 30.9 Å². The number of hydrogen-bond donors (Lipinski definition) is 2. The van der Waals surface area contributed by atoms with Crippen molar-refractivity contribution in [3.05, 3.63) is 83.9 Å². The van der Waals surface area contributed by atoms with Crippen LogP contribution in [0.2, 0.25) is 0 Å². The average molecular weight is 561 g/mol. The Bertz CT molecular complexity index is 1080. The summed E-state index contributed by atoms with van der Waals surface area (Å²) in [5.41, 5.74) is 2.80. The number of carbonyl (C=O) groups excluding carboxylic acids is 3. The molecular formula is C35H48N2O4. The van der Waals surface area contributed by atoms with Crippen molar-refractivity contribution in [3.8, 4) is 0 Å². The van der Waals surface area contributed by atoms with Gasteiger partial charge in [-0.2, -0.15) is 0 Å². The second-order valence-corrected chi connectivity index (χ2v) is 11.4. The van der Waals surface area contributed by atoms with Crippen LogP contribution in [0.3, 0.4) is 0 Å². The number of aryl methyl sites for hydroxylation is 1. The van der Waals surface area contributed by atoms with Crippen LogP contribution in [0.15, 0.2) is 67.3 Å². The van der Waals surface area contributed by atoms with Crippen LogP contribution in [0.4, 0.5) is 4.79 Å². The van der Waals surface area contributed by atoms with Gasteiger partial charge in [-0.15, -0.1) is 0 Å². The van der Waals surface area contributed by atoms with Gasteiger partial charge in [0, 0.05) is 18.5 Å². The molecule has 0 aliphatic heterocycles. The number of benzene rings is 2. The molecule has 2 N–H and O–H groups in total. The lowest BCUT2D eigenvalue weighted by molar-refractivity contribution is -0.119. The molecule has 2 amide bonds. The highest BCUT2D eigenvalue weighted by molar-refractivity contribution is 5.91. The maximum Gasteiger partial charge on any atom is 0.337 e. The summed E-state index contributed by atoms with van der Waals surface area (Å²) in [6.45, 7) is 4.03. The summed E-state index contributed by atoms with van der Waals surface area (Å²) in [6.07, 6.45) is 15.6. The third-order valence-electron chi connectivity index (χ3n) is 8.39. The number of rotatable bonds is 17. The fourth-order valence-corrected chi connectivity index (χ4v) is 5.85. The summed E-state index contributed by atoms with van der Waals surface area (Å²) >= 11 is 0. The molecule has 222 valence electrons. The minimum absolute atomic E-state index is 0.148. The Morgan fingerprint density at radius 1 is 0.878 bits per heavy atom.